The van der Waals surface area contributed by atoms with Gasteiger partial charge in [-0.05, 0) is 59.0 Å². The maximum atomic E-state index is 12.1. The van der Waals surface area contributed by atoms with E-state index in [0.29, 0.717) is 5.76 Å². The molecule has 1 aliphatic heterocycles. The van der Waals surface area contributed by atoms with E-state index in [-0.39, 0.29) is 17.7 Å². The summed E-state index contributed by atoms with van der Waals surface area (Å²) in [5.74, 6) is 0.481. The van der Waals surface area contributed by atoms with Crippen LogP contribution in [0.15, 0.2) is 164 Å². The largest absolute Gasteiger partial charge is 0.511 e. The van der Waals surface area contributed by atoms with E-state index < -0.39 is 0 Å². The second kappa shape index (κ2) is 11.2. The highest BCUT2D eigenvalue weighted by Crippen LogP contribution is 2.46. The first kappa shape index (κ1) is 28.1. The second-order valence-corrected chi connectivity index (χ2v) is 12.5. The Morgan fingerprint density at radius 2 is 1.29 bits per heavy atom. The van der Waals surface area contributed by atoms with Gasteiger partial charge in [-0.2, -0.15) is 0 Å². The molecule has 5 heteroatoms. The van der Waals surface area contributed by atoms with Gasteiger partial charge in [-0.1, -0.05) is 127 Å². The molecule has 0 bridgehead atoms. The van der Waals surface area contributed by atoms with E-state index in [1.165, 1.54) is 5.56 Å². The molecular formula is C43H33N3O2. The lowest BCUT2D eigenvalue weighted by Crippen LogP contribution is -2.38. The number of aromatic hydroxyl groups is 1. The van der Waals surface area contributed by atoms with E-state index in [9.17, 15) is 10.2 Å². The third-order valence-corrected chi connectivity index (χ3v) is 9.80. The number of phenols is 1. The zero-order valence-electron chi connectivity index (χ0n) is 26.2. The summed E-state index contributed by atoms with van der Waals surface area (Å²) in [6.45, 7) is 0. The summed E-state index contributed by atoms with van der Waals surface area (Å²) in [6.07, 6.45) is 4.90. The molecule has 2 heterocycles. The molecule has 0 saturated heterocycles. The molecule has 2 unspecified atom stereocenters. The molecule has 1 aliphatic carbocycles. The fourth-order valence-corrected chi connectivity index (χ4v) is 7.53. The smallest absolute Gasteiger partial charge is 0.133 e. The van der Waals surface area contributed by atoms with Gasteiger partial charge in [-0.25, -0.2) is 9.79 Å². The average Bonchev–Trinajstić information content (AvgIpc) is 3.68. The Balaban J connectivity index is 1.29. The van der Waals surface area contributed by atoms with Gasteiger partial charge < -0.3 is 10.2 Å². The molecule has 3 N–H and O–H groups in total. The summed E-state index contributed by atoms with van der Waals surface area (Å²) in [7, 11) is 0. The molecule has 7 aromatic rings. The number of aliphatic hydroxyl groups is 1. The quantitative estimate of drug-likeness (QED) is 0.179. The molecule has 1 aromatic heterocycles. The van der Waals surface area contributed by atoms with Crippen molar-refractivity contribution in [3.05, 3.63) is 186 Å². The number of nitrogens with one attached hydrogen (secondary N) is 1. The Bertz CT molecular complexity index is 2380. The molecule has 0 fully saturated rings. The maximum Gasteiger partial charge on any atom is 0.133 e. The molecular weight excluding hydrogens is 590 g/mol. The number of phenolic OH excluding ortho intramolecular Hbond substituents is 1. The summed E-state index contributed by atoms with van der Waals surface area (Å²) in [5.41, 5.74) is 13.4. The topological polar surface area (TPSA) is 60.7 Å². The van der Waals surface area contributed by atoms with Gasteiger partial charge in [0.15, 0.2) is 0 Å². The normalized spacial score (nSPS) is 17.2. The fraction of sp³-hybridized carbons (Fsp3) is 0.0698. The lowest BCUT2D eigenvalue weighted by molar-refractivity contribution is 0.369. The van der Waals surface area contributed by atoms with Crippen LogP contribution < -0.4 is 10.5 Å². The number of hydrazine groups is 1. The van der Waals surface area contributed by atoms with E-state index in [4.69, 9.17) is 0 Å². The standard InChI is InChI=1S/C43H33N3O2/c47-42-32(28-13-4-1-5-14-28)20-12-21-33(42)31-23-25-38-36(27-31)40-39(26-24-34(43(40)48)29-15-6-2-7-16-29)45(38)46-41(30-17-8-3-9-18-30)35-19-10-11-22-37(35)44-46/h1-19,21-27,32,41,44,47-48H,20H2. The van der Waals surface area contributed by atoms with Gasteiger partial charge in [-0.15, -0.1) is 0 Å². The van der Waals surface area contributed by atoms with Crippen LogP contribution in [0, 0.1) is 0 Å². The van der Waals surface area contributed by atoms with Gasteiger partial charge >= 0.3 is 0 Å². The summed E-state index contributed by atoms with van der Waals surface area (Å²) in [4.78, 5) is 0. The van der Waals surface area contributed by atoms with Crippen LogP contribution in [0.4, 0.5) is 5.69 Å². The van der Waals surface area contributed by atoms with Crippen molar-refractivity contribution in [3.8, 4) is 16.9 Å². The first-order valence-electron chi connectivity index (χ1n) is 16.4. The molecule has 5 nitrogen and oxygen atoms in total. The van der Waals surface area contributed by atoms with Gasteiger partial charge in [0.1, 0.15) is 17.6 Å². The third-order valence-electron chi connectivity index (χ3n) is 9.80. The van der Waals surface area contributed by atoms with E-state index in [0.717, 1.165) is 67.3 Å². The number of allylic oxidation sites excluding steroid dienone is 4. The van der Waals surface area contributed by atoms with Gasteiger partial charge in [-0.3, -0.25) is 5.43 Å². The molecule has 0 saturated carbocycles. The van der Waals surface area contributed by atoms with Crippen LogP contribution in [0.3, 0.4) is 0 Å². The number of para-hydroxylation sites is 1. The number of aromatic nitrogens is 1. The molecule has 2 atom stereocenters. The Morgan fingerprint density at radius 1 is 0.625 bits per heavy atom. The monoisotopic (exact) mass is 623 g/mol. The number of aliphatic hydroxyl groups excluding tert-OH is 1. The Kier molecular flexibility index (Phi) is 6.57. The van der Waals surface area contributed by atoms with Crippen LogP contribution in [0.2, 0.25) is 0 Å². The number of hydrogen-bond acceptors (Lipinski definition) is 4. The van der Waals surface area contributed by atoms with Crippen molar-refractivity contribution in [2.24, 2.45) is 0 Å². The van der Waals surface area contributed by atoms with Crippen molar-refractivity contribution in [2.45, 2.75) is 18.4 Å². The van der Waals surface area contributed by atoms with E-state index in [2.05, 4.69) is 100 Å². The van der Waals surface area contributed by atoms with Crippen molar-refractivity contribution in [2.75, 3.05) is 10.5 Å². The molecule has 232 valence electrons. The zero-order chi connectivity index (χ0) is 32.2. The van der Waals surface area contributed by atoms with Crippen molar-refractivity contribution in [3.63, 3.8) is 0 Å². The highest BCUT2D eigenvalue weighted by molar-refractivity contribution is 6.14. The minimum absolute atomic E-state index is 0.111. The number of fused-ring (bicyclic) bond motifs is 4. The van der Waals surface area contributed by atoms with Crippen molar-refractivity contribution in [1.29, 1.82) is 0 Å². The first-order chi connectivity index (χ1) is 23.7. The van der Waals surface area contributed by atoms with Gasteiger partial charge in [0.2, 0.25) is 0 Å². The van der Waals surface area contributed by atoms with Gasteiger partial charge in [0.25, 0.3) is 0 Å². The predicted octanol–water partition coefficient (Wildman–Crippen LogP) is 10.2. The molecule has 48 heavy (non-hydrogen) atoms. The average molecular weight is 624 g/mol. The highest BCUT2D eigenvalue weighted by atomic mass is 16.3. The molecule has 6 aromatic carbocycles. The molecule has 0 spiro atoms. The number of rotatable bonds is 5. The fourth-order valence-electron chi connectivity index (χ4n) is 7.53. The van der Waals surface area contributed by atoms with Crippen molar-refractivity contribution in [1.82, 2.24) is 4.68 Å². The summed E-state index contributed by atoms with van der Waals surface area (Å²) in [5, 5.41) is 27.6. The van der Waals surface area contributed by atoms with Crippen molar-refractivity contribution >= 4 is 33.1 Å². The van der Waals surface area contributed by atoms with Crippen LogP contribution in [0.1, 0.15) is 40.6 Å². The summed E-state index contributed by atoms with van der Waals surface area (Å²) < 4.78 is 2.19. The van der Waals surface area contributed by atoms with Crippen LogP contribution in [0.25, 0.3) is 38.5 Å². The molecule has 0 amide bonds. The van der Waals surface area contributed by atoms with E-state index in [1.54, 1.807) is 0 Å². The van der Waals surface area contributed by atoms with Crippen LogP contribution >= 0.6 is 0 Å². The Morgan fingerprint density at radius 3 is 2.06 bits per heavy atom. The van der Waals surface area contributed by atoms with Gasteiger partial charge in [0, 0.05) is 28.0 Å². The first-order valence-corrected chi connectivity index (χ1v) is 16.4. The summed E-state index contributed by atoms with van der Waals surface area (Å²) >= 11 is 0. The van der Waals surface area contributed by atoms with Crippen LogP contribution in [-0.4, -0.2) is 14.9 Å². The minimum atomic E-state index is -0.114. The zero-order valence-corrected chi connectivity index (χ0v) is 26.2. The highest BCUT2D eigenvalue weighted by Gasteiger charge is 2.34. The lowest BCUT2D eigenvalue weighted by Gasteiger charge is -2.30. The molecule has 0 radical (unpaired) electrons. The van der Waals surface area contributed by atoms with Gasteiger partial charge in [0.05, 0.1) is 22.1 Å². The van der Waals surface area contributed by atoms with Crippen LogP contribution in [-0.2, 0) is 0 Å². The molecule has 2 aliphatic rings. The minimum Gasteiger partial charge on any atom is -0.511 e. The Labute approximate surface area is 278 Å². The number of nitrogens with zero attached hydrogens (tertiary/aromatic N) is 2. The maximum absolute atomic E-state index is 12.1. The lowest BCUT2D eigenvalue weighted by atomic mass is 9.85. The summed E-state index contributed by atoms with van der Waals surface area (Å²) in [6, 6.07) is 49.4. The SMILES string of the molecule is OC1=C(c2ccc3c(c2)c2c(O)c(-c4ccccc4)ccc2n3N2Nc3ccccc3C2c2ccccc2)C=CCC1c1ccccc1. The number of benzene rings is 6. The number of hydrogen-bond donors (Lipinski definition) is 3. The van der Waals surface area contributed by atoms with Crippen LogP contribution in [0.5, 0.6) is 5.75 Å². The molecule has 9 rings (SSSR count). The van der Waals surface area contributed by atoms with E-state index in [1.807, 2.05) is 72.8 Å². The van der Waals surface area contributed by atoms with Crippen molar-refractivity contribution < 1.29 is 10.2 Å². The third kappa shape index (κ3) is 4.39. The second-order valence-electron chi connectivity index (χ2n) is 12.5. The van der Waals surface area contributed by atoms with E-state index >= 15 is 0 Å². The Hall–Kier alpha value is -6.20. The number of anilines is 1. The predicted molar refractivity (Wildman–Crippen MR) is 196 cm³/mol.